The van der Waals surface area contributed by atoms with Crippen LogP contribution in [0.1, 0.15) is 40.0 Å². The molecule has 2 heteroatoms. The van der Waals surface area contributed by atoms with E-state index in [2.05, 4.69) is 19.2 Å². The first-order valence-electron chi connectivity index (χ1n) is 4.58. The maximum atomic E-state index is 8.96. The van der Waals surface area contributed by atoms with E-state index in [9.17, 15) is 0 Å². The van der Waals surface area contributed by atoms with E-state index in [1.807, 2.05) is 0 Å². The van der Waals surface area contributed by atoms with Crippen LogP contribution in [0.25, 0.3) is 0 Å². The SMILES string of the molecule is CCCCC(C)NC[C@@H](C)O. The van der Waals surface area contributed by atoms with Gasteiger partial charge in [0, 0.05) is 12.6 Å². The van der Waals surface area contributed by atoms with Gasteiger partial charge in [-0.3, -0.25) is 0 Å². The van der Waals surface area contributed by atoms with Gasteiger partial charge < -0.3 is 10.4 Å². The molecule has 0 saturated carbocycles. The molecule has 0 aliphatic heterocycles. The van der Waals surface area contributed by atoms with E-state index in [1.165, 1.54) is 19.3 Å². The molecule has 0 aromatic rings. The summed E-state index contributed by atoms with van der Waals surface area (Å²) in [6.07, 6.45) is 3.51. The van der Waals surface area contributed by atoms with Crippen molar-refractivity contribution in [2.24, 2.45) is 0 Å². The third-order valence-corrected chi connectivity index (χ3v) is 1.75. The van der Waals surface area contributed by atoms with Crippen molar-refractivity contribution in [1.29, 1.82) is 0 Å². The summed E-state index contributed by atoms with van der Waals surface area (Å²) >= 11 is 0. The molecule has 0 spiro atoms. The van der Waals surface area contributed by atoms with Crippen LogP contribution in [0.3, 0.4) is 0 Å². The highest BCUT2D eigenvalue weighted by atomic mass is 16.3. The smallest absolute Gasteiger partial charge is 0.0636 e. The van der Waals surface area contributed by atoms with Crippen LogP contribution in [0.2, 0.25) is 0 Å². The largest absolute Gasteiger partial charge is 0.392 e. The molecule has 0 aromatic heterocycles. The zero-order valence-electron chi connectivity index (χ0n) is 7.93. The van der Waals surface area contributed by atoms with Crippen LogP contribution in [0.15, 0.2) is 0 Å². The molecule has 0 heterocycles. The third kappa shape index (κ3) is 7.82. The van der Waals surface area contributed by atoms with Gasteiger partial charge >= 0.3 is 0 Å². The summed E-state index contributed by atoms with van der Waals surface area (Å²) in [7, 11) is 0. The minimum Gasteiger partial charge on any atom is -0.392 e. The summed E-state index contributed by atoms with van der Waals surface area (Å²) in [6, 6.07) is 0.546. The Morgan fingerprint density at radius 1 is 1.36 bits per heavy atom. The fourth-order valence-electron chi connectivity index (χ4n) is 0.984. The molecule has 68 valence electrons. The fourth-order valence-corrected chi connectivity index (χ4v) is 0.984. The number of aliphatic hydroxyl groups is 1. The van der Waals surface area contributed by atoms with Gasteiger partial charge in [0.1, 0.15) is 0 Å². The molecule has 11 heavy (non-hydrogen) atoms. The molecule has 0 fully saturated rings. The van der Waals surface area contributed by atoms with Gasteiger partial charge in [-0.25, -0.2) is 0 Å². The van der Waals surface area contributed by atoms with Crippen LogP contribution >= 0.6 is 0 Å². The molecular formula is C9H21NO. The highest BCUT2D eigenvalue weighted by Gasteiger charge is 2.01. The number of aliphatic hydroxyl groups excluding tert-OH is 1. The molecule has 0 radical (unpaired) electrons. The van der Waals surface area contributed by atoms with Crippen molar-refractivity contribution in [2.45, 2.75) is 52.2 Å². The lowest BCUT2D eigenvalue weighted by molar-refractivity contribution is 0.186. The molecule has 2 nitrogen and oxygen atoms in total. The highest BCUT2D eigenvalue weighted by Crippen LogP contribution is 1.98. The van der Waals surface area contributed by atoms with Crippen molar-refractivity contribution >= 4 is 0 Å². The highest BCUT2D eigenvalue weighted by molar-refractivity contribution is 4.61. The topological polar surface area (TPSA) is 32.3 Å². The monoisotopic (exact) mass is 159 g/mol. The molecule has 0 bridgehead atoms. The molecule has 0 aromatic carbocycles. The molecule has 1 unspecified atom stereocenters. The van der Waals surface area contributed by atoms with Crippen LogP contribution in [0.5, 0.6) is 0 Å². The van der Waals surface area contributed by atoms with E-state index < -0.39 is 0 Å². The quantitative estimate of drug-likeness (QED) is 0.616. The molecule has 0 aliphatic rings. The Labute approximate surface area is 70.0 Å². The number of rotatable bonds is 6. The number of unbranched alkanes of at least 4 members (excludes halogenated alkanes) is 1. The van der Waals surface area contributed by atoms with Crippen LogP contribution in [-0.4, -0.2) is 23.8 Å². The maximum absolute atomic E-state index is 8.96. The Balaban J connectivity index is 3.15. The average Bonchev–Trinajstić information content (AvgIpc) is 1.97. The molecule has 0 saturated heterocycles. The van der Waals surface area contributed by atoms with Crippen molar-refractivity contribution in [3.05, 3.63) is 0 Å². The van der Waals surface area contributed by atoms with Gasteiger partial charge in [0.15, 0.2) is 0 Å². The molecule has 2 atom stereocenters. The van der Waals surface area contributed by atoms with Crippen molar-refractivity contribution in [1.82, 2.24) is 5.32 Å². The predicted molar refractivity (Wildman–Crippen MR) is 48.7 cm³/mol. The first kappa shape index (κ1) is 10.9. The van der Waals surface area contributed by atoms with Crippen molar-refractivity contribution in [3.63, 3.8) is 0 Å². The summed E-state index contributed by atoms with van der Waals surface area (Å²) in [5, 5.41) is 12.2. The van der Waals surface area contributed by atoms with Gasteiger partial charge in [-0.2, -0.15) is 0 Å². The lowest BCUT2D eigenvalue weighted by atomic mass is 10.1. The van der Waals surface area contributed by atoms with E-state index in [4.69, 9.17) is 5.11 Å². The fraction of sp³-hybridized carbons (Fsp3) is 1.00. The zero-order valence-corrected chi connectivity index (χ0v) is 7.93. The van der Waals surface area contributed by atoms with Crippen LogP contribution < -0.4 is 5.32 Å². The standard InChI is InChI=1S/C9H21NO/c1-4-5-6-8(2)10-7-9(3)11/h8-11H,4-7H2,1-3H3/t8?,9-/m1/s1. The minimum atomic E-state index is -0.223. The van der Waals surface area contributed by atoms with Crippen LogP contribution in [0.4, 0.5) is 0 Å². The second-order valence-electron chi connectivity index (χ2n) is 3.30. The molecule has 0 amide bonds. The summed E-state index contributed by atoms with van der Waals surface area (Å²) in [5.41, 5.74) is 0. The van der Waals surface area contributed by atoms with E-state index in [1.54, 1.807) is 6.92 Å². The van der Waals surface area contributed by atoms with E-state index in [-0.39, 0.29) is 6.10 Å². The van der Waals surface area contributed by atoms with Gasteiger partial charge in [-0.15, -0.1) is 0 Å². The number of nitrogens with one attached hydrogen (secondary N) is 1. The molecule has 2 N–H and O–H groups in total. The van der Waals surface area contributed by atoms with E-state index in [0.717, 1.165) is 0 Å². The van der Waals surface area contributed by atoms with Crippen molar-refractivity contribution in [2.75, 3.05) is 6.54 Å². The zero-order chi connectivity index (χ0) is 8.69. The molecular weight excluding hydrogens is 138 g/mol. The van der Waals surface area contributed by atoms with Crippen LogP contribution in [-0.2, 0) is 0 Å². The first-order chi connectivity index (χ1) is 5.16. The van der Waals surface area contributed by atoms with E-state index in [0.29, 0.717) is 12.6 Å². The van der Waals surface area contributed by atoms with Crippen LogP contribution in [0, 0.1) is 0 Å². The summed E-state index contributed by atoms with van der Waals surface area (Å²) in [4.78, 5) is 0. The average molecular weight is 159 g/mol. The Kier molecular flexibility index (Phi) is 6.57. The lowest BCUT2D eigenvalue weighted by Crippen LogP contribution is -2.32. The maximum Gasteiger partial charge on any atom is 0.0636 e. The van der Waals surface area contributed by atoms with Gasteiger partial charge in [0.25, 0.3) is 0 Å². The Bertz CT molecular complexity index is 83.6. The summed E-state index contributed by atoms with van der Waals surface area (Å²) in [6.45, 7) is 6.88. The van der Waals surface area contributed by atoms with Crippen molar-refractivity contribution in [3.8, 4) is 0 Å². The Morgan fingerprint density at radius 3 is 2.45 bits per heavy atom. The van der Waals surface area contributed by atoms with Gasteiger partial charge in [-0.05, 0) is 20.3 Å². The molecule has 0 rings (SSSR count). The van der Waals surface area contributed by atoms with Crippen molar-refractivity contribution < 1.29 is 5.11 Å². The van der Waals surface area contributed by atoms with Gasteiger partial charge in [-0.1, -0.05) is 19.8 Å². The second kappa shape index (κ2) is 6.62. The number of hydrogen-bond acceptors (Lipinski definition) is 2. The third-order valence-electron chi connectivity index (χ3n) is 1.75. The second-order valence-corrected chi connectivity index (χ2v) is 3.30. The Morgan fingerprint density at radius 2 is 2.00 bits per heavy atom. The predicted octanol–water partition coefficient (Wildman–Crippen LogP) is 1.54. The first-order valence-corrected chi connectivity index (χ1v) is 4.58. The Hall–Kier alpha value is -0.0800. The molecule has 0 aliphatic carbocycles. The summed E-state index contributed by atoms with van der Waals surface area (Å²) in [5.74, 6) is 0. The summed E-state index contributed by atoms with van der Waals surface area (Å²) < 4.78 is 0. The minimum absolute atomic E-state index is 0.223. The number of hydrogen-bond donors (Lipinski definition) is 2. The van der Waals surface area contributed by atoms with Gasteiger partial charge in [0.2, 0.25) is 0 Å². The normalized spacial score (nSPS) is 16.4. The lowest BCUT2D eigenvalue weighted by Gasteiger charge is -2.14. The van der Waals surface area contributed by atoms with Gasteiger partial charge in [0.05, 0.1) is 6.10 Å². The van der Waals surface area contributed by atoms with E-state index >= 15 is 0 Å².